The molecule has 2 atom stereocenters. The third-order valence-corrected chi connectivity index (χ3v) is 6.16. The highest BCUT2D eigenvalue weighted by Crippen LogP contribution is 2.46. The van der Waals surface area contributed by atoms with E-state index >= 15 is 0 Å². The number of hydrogen-bond acceptors (Lipinski definition) is 7. The van der Waals surface area contributed by atoms with E-state index in [9.17, 15) is 24.6 Å². The summed E-state index contributed by atoms with van der Waals surface area (Å²) in [4.78, 5) is 37.4. The monoisotopic (exact) mass is 564 g/mol. The van der Waals surface area contributed by atoms with Gasteiger partial charge >= 0.3 is 0 Å². The van der Waals surface area contributed by atoms with Gasteiger partial charge in [-0.1, -0.05) is 52.0 Å². The first-order chi connectivity index (χ1) is 19.7. The molecule has 0 heterocycles. The van der Waals surface area contributed by atoms with Crippen molar-refractivity contribution in [3.8, 4) is 37.2 Å². The number of fused-ring (bicyclic) bond motifs is 3. The molecule has 0 spiro atoms. The van der Waals surface area contributed by atoms with Gasteiger partial charge in [-0.15, -0.1) is 38.9 Å². The molecular formula is C34H44O7. The van der Waals surface area contributed by atoms with Gasteiger partial charge in [0.05, 0.1) is 11.1 Å². The van der Waals surface area contributed by atoms with Gasteiger partial charge in [-0.25, -0.2) is 0 Å². The highest BCUT2D eigenvalue weighted by atomic mass is 16.6. The van der Waals surface area contributed by atoms with Crippen LogP contribution in [0.2, 0.25) is 0 Å². The second-order valence-electron chi connectivity index (χ2n) is 8.39. The van der Waals surface area contributed by atoms with Crippen LogP contribution in [0.15, 0.2) is 37.4 Å². The minimum Gasteiger partial charge on any atom is -0.507 e. The Balaban J connectivity index is 0. The SMILES string of the molecule is C#C.C#C.C=C.CC.CC(=O)[C@H]1CCc2c(O)c3c(c(O)c2C1)C(=O)c1ccccc1C3=O.CCCOC(O)CC. The Morgan fingerprint density at radius 2 is 1.39 bits per heavy atom. The van der Waals surface area contributed by atoms with Crippen molar-refractivity contribution in [2.24, 2.45) is 5.92 Å². The second-order valence-corrected chi connectivity index (χ2v) is 8.39. The third kappa shape index (κ3) is 9.46. The highest BCUT2D eigenvalue weighted by Gasteiger charge is 2.39. The molecular weight excluding hydrogens is 520 g/mol. The molecule has 0 radical (unpaired) electrons. The summed E-state index contributed by atoms with van der Waals surface area (Å²) in [6, 6.07) is 6.38. The number of benzene rings is 2. The molecule has 0 amide bonds. The fraction of sp³-hybridized carbons (Fsp3) is 0.382. The topological polar surface area (TPSA) is 121 Å². The number of ether oxygens (including phenoxy) is 1. The number of ketones is 3. The van der Waals surface area contributed by atoms with Crippen LogP contribution in [0.25, 0.3) is 0 Å². The van der Waals surface area contributed by atoms with Crippen LogP contribution in [-0.4, -0.2) is 45.6 Å². The number of rotatable bonds is 5. The lowest BCUT2D eigenvalue weighted by Gasteiger charge is -2.28. The molecule has 2 aromatic rings. The fourth-order valence-corrected chi connectivity index (χ4v) is 4.29. The quantitative estimate of drug-likeness (QED) is 0.150. The molecule has 3 N–H and O–H groups in total. The first kappa shape index (κ1) is 39.0. The molecule has 222 valence electrons. The molecule has 7 heteroatoms. The zero-order valence-corrected chi connectivity index (χ0v) is 24.9. The van der Waals surface area contributed by atoms with Crippen LogP contribution in [-0.2, 0) is 22.4 Å². The lowest BCUT2D eigenvalue weighted by Crippen LogP contribution is -2.26. The Morgan fingerprint density at radius 3 is 1.78 bits per heavy atom. The molecule has 0 bridgehead atoms. The van der Waals surface area contributed by atoms with Gasteiger partial charge in [0.15, 0.2) is 17.9 Å². The third-order valence-electron chi connectivity index (χ3n) is 6.16. The summed E-state index contributed by atoms with van der Waals surface area (Å²) in [5.41, 5.74) is 1.04. The van der Waals surface area contributed by atoms with Crippen molar-refractivity contribution in [1.29, 1.82) is 0 Å². The molecule has 2 aromatic carbocycles. The predicted octanol–water partition coefficient (Wildman–Crippen LogP) is 6.04. The first-order valence-corrected chi connectivity index (χ1v) is 13.5. The Kier molecular flexibility index (Phi) is 19.7. The number of hydrogen-bond donors (Lipinski definition) is 3. The van der Waals surface area contributed by atoms with Crippen molar-refractivity contribution in [1.82, 2.24) is 0 Å². The standard InChI is InChI=1S/C20H16O5.C6H14O2.C2H6.C2H4.2C2H2/c1-9(21)10-6-7-13-14(8-10)20(25)16-15(19(13)24)17(22)11-4-2-3-5-12(11)18(16)23;1-3-5-8-6(7)4-2;4*1-2/h2-5,10,24-25H,6-8H2,1H3;6-7H,3-5H2,1-2H3;1-2H3;1-2H2;2*1-2H/t10-;;;;;/m0...../s1. The van der Waals surface area contributed by atoms with Crippen LogP contribution >= 0.6 is 0 Å². The number of aliphatic hydroxyl groups excluding tert-OH is 1. The highest BCUT2D eigenvalue weighted by molar-refractivity contribution is 6.30. The summed E-state index contributed by atoms with van der Waals surface area (Å²) in [7, 11) is 0. The minimum absolute atomic E-state index is 0.00927. The molecule has 41 heavy (non-hydrogen) atoms. The number of carbonyl (C=O) groups is 3. The summed E-state index contributed by atoms with van der Waals surface area (Å²) in [5.74, 6) is -1.70. The number of aromatic hydroxyl groups is 2. The van der Waals surface area contributed by atoms with Crippen LogP contribution < -0.4 is 0 Å². The molecule has 2 aliphatic carbocycles. The van der Waals surface area contributed by atoms with Crippen molar-refractivity contribution in [3.63, 3.8) is 0 Å². The Hall–Kier alpha value is -4.17. The van der Waals surface area contributed by atoms with Gasteiger partial charge in [-0.05, 0) is 39.0 Å². The number of phenolic OH excluding ortho intramolecular Hbond substituents is 2. The van der Waals surface area contributed by atoms with E-state index in [0.29, 0.717) is 37.0 Å². The molecule has 0 aliphatic heterocycles. The average Bonchev–Trinajstić information content (AvgIpc) is 3.04. The van der Waals surface area contributed by atoms with Crippen LogP contribution in [0.4, 0.5) is 0 Å². The molecule has 2 aliphatic rings. The zero-order chi connectivity index (χ0) is 32.3. The molecule has 0 saturated heterocycles. The van der Waals surface area contributed by atoms with E-state index in [1.165, 1.54) is 13.0 Å². The van der Waals surface area contributed by atoms with Gasteiger partial charge in [0.1, 0.15) is 17.3 Å². The van der Waals surface area contributed by atoms with Crippen molar-refractivity contribution in [3.05, 3.63) is 70.8 Å². The molecule has 0 aromatic heterocycles. The number of terminal acetylenes is 2. The summed E-state index contributed by atoms with van der Waals surface area (Å²) in [5, 5.41) is 30.2. The van der Waals surface area contributed by atoms with E-state index in [0.717, 1.165) is 6.42 Å². The van der Waals surface area contributed by atoms with Crippen molar-refractivity contribution in [2.75, 3.05) is 6.61 Å². The average molecular weight is 565 g/mol. The summed E-state index contributed by atoms with van der Waals surface area (Å²) in [6.07, 6.45) is 18.3. The smallest absolute Gasteiger partial charge is 0.198 e. The maximum Gasteiger partial charge on any atom is 0.198 e. The van der Waals surface area contributed by atoms with Gasteiger partial charge in [-0.2, -0.15) is 0 Å². The Bertz CT molecular complexity index is 1180. The van der Waals surface area contributed by atoms with E-state index in [-0.39, 0.29) is 51.9 Å². The van der Waals surface area contributed by atoms with Crippen molar-refractivity contribution >= 4 is 17.3 Å². The summed E-state index contributed by atoms with van der Waals surface area (Å²) >= 11 is 0. The van der Waals surface area contributed by atoms with E-state index < -0.39 is 17.9 Å². The van der Waals surface area contributed by atoms with E-state index in [1.807, 2.05) is 27.7 Å². The molecule has 0 saturated carbocycles. The number of aliphatic hydroxyl groups is 1. The lowest BCUT2D eigenvalue weighted by molar-refractivity contribution is -0.121. The van der Waals surface area contributed by atoms with Gasteiger partial charge in [-0.3, -0.25) is 14.4 Å². The van der Waals surface area contributed by atoms with Gasteiger partial charge in [0, 0.05) is 34.8 Å². The molecule has 1 unspecified atom stereocenters. The summed E-state index contributed by atoms with van der Waals surface area (Å²) in [6.45, 7) is 16.1. The number of phenols is 2. The maximum atomic E-state index is 12.8. The lowest BCUT2D eigenvalue weighted by atomic mass is 9.75. The van der Waals surface area contributed by atoms with Crippen LogP contribution in [0, 0.1) is 31.6 Å². The number of Topliss-reactive ketones (excluding diaryl/α,β-unsaturated/α-hetero) is 1. The molecule has 4 rings (SSSR count). The molecule has 0 fully saturated rings. The Morgan fingerprint density at radius 1 is 0.951 bits per heavy atom. The van der Waals surface area contributed by atoms with Crippen molar-refractivity contribution < 1.29 is 34.4 Å². The van der Waals surface area contributed by atoms with Gasteiger partial charge in [0.2, 0.25) is 0 Å². The van der Waals surface area contributed by atoms with Crippen LogP contribution in [0.1, 0.15) is 96.9 Å². The van der Waals surface area contributed by atoms with Crippen LogP contribution in [0.5, 0.6) is 11.5 Å². The van der Waals surface area contributed by atoms with Crippen LogP contribution in [0.3, 0.4) is 0 Å². The summed E-state index contributed by atoms with van der Waals surface area (Å²) < 4.78 is 4.90. The first-order valence-electron chi connectivity index (χ1n) is 13.5. The molecule has 7 nitrogen and oxygen atoms in total. The predicted molar refractivity (Wildman–Crippen MR) is 164 cm³/mol. The maximum absolute atomic E-state index is 12.8. The fourth-order valence-electron chi connectivity index (χ4n) is 4.29. The van der Waals surface area contributed by atoms with Gasteiger partial charge < -0.3 is 20.1 Å². The zero-order valence-electron chi connectivity index (χ0n) is 24.9. The second kappa shape index (κ2) is 20.7. The van der Waals surface area contributed by atoms with E-state index in [2.05, 4.69) is 38.9 Å². The van der Waals surface area contributed by atoms with E-state index in [4.69, 9.17) is 9.84 Å². The normalized spacial score (nSPS) is 14.2. The Labute approximate surface area is 245 Å². The van der Waals surface area contributed by atoms with Crippen molar-refractivity contribution in [2.45, 2.75) is 73.0 Å². The minimum atomic E-state index is -0.546. The number of carbonyl (C=O) groups excluding carboxylic acids is 3. The van der Waals surface area contributed by atoms with E-state index in [1.54, 1.807) is 18.2 Å². The largest absolute Gasteiger partial charge is 0.507 e. The van der Waals surface area contributed by atoms with Gasteiger partial charge in [0.25, 0.3) is 0 Å².